The van der Waals surface area contributed by atoms with Crippen LogP contribution in [0, 0.1) is 5.82 Å². The van der Waals surface area contributed by atoms with Gasteiger partial charge in [0, 0.05) is 56.3 Å². The van der Waals surface area contributed by atoms with Gasteiger partial charge in [-0.15, -0.1) is 0 Å². The molecule has 3 rings (SSSR count). The second kappa shape index (κ2) is 8.75. The Bertz CT molecular complexity index is 736. The quantitative estimate of drug-likeness (QED) is 0.864. The predicted octanol–water partition coefficient (Wildman–Crippen LogP) is 4.03. The van der Waals surface area contributed by atoms with Gasteiger partial charge in [-0.3, -0.25) is 0 Å². The summed E-state index contributed by atoms with van der Waals surface area (Å²) in [6.07, 6.45) is 0. The van der Waals surface area contributed by atoms with Gasteiger partial charge in [0.25, 0.3) is 0 Å². The Morgan fingerprint density at radius 3 is 2.11 bits per heavy atom. The monoisotopic (exact) mass is 370 g/mol. The molecular weight excluding hydrogens is 343 g/mol. The summed E-state index contributed by atoms with van der Waals surface area (Å²) in [7, 11) is 0. The number of carbonyl (C=O) groups is 1. The number of nitrogens with one attached hydrogen (secondary N) is 1. The number of rotatable bonds is 5. The first kappa shape index (κ1) is 19.0. The first-order chi connectivity index (χ1) is 13.1. The number of benzene rings is 2. The SMILES string of the molecule is CCN(CC)c1ccc(NC(=O)N2CCN(c3ccc(F)cc3)CC2)cc1. The van der Waals surface area contributed by atoms with Crippen molar-refractivity contribution < 1.29 is 9.18 Å². The summed E-state index contributed by atoms with van der Waals surface area (Å²) in [5.74, 6) is -0.233. The van der Waals surface area contributed by atoms with Crippen molar-refractivity contribution in [3.05, 3.63) is 54.3 Å². The lowest BCUT2D eigenvalue weighted by Gasteiger charge is -2.36. The van der Waals surface area contributed by atoms with Crippen LogP contribution in [0.5, 0.6) is 0 Å². The minimum atomic E-state index is -0.233. The molecule has 0 saturated carbocycles. The molecule has 2 aromatic rings. The number of carbonyl (C=O) groups excluding carboxylic acids is 1. The van der Waals surface area contributed by atoms with Crippen LogP contribution in [0.3, 0.4) is 0 Å². The van der Waals surface area contributed by atoms with E-state index in [1.54, 1.807) is 12.1 Å². The number of hydrogen-bond donors (Lipinski definition) is 1. The Kier molecular flexibility index (Phi) is 6.16. The van der Waals surface area contributed by atoms with Crippen molar-refractivity contribution in [2.24, 2.45) is 0 Å². The molecule has 0 bridgehead atoms. The van der Waals surface area contributed by atoms with Gasteiger partial charge in [-0.25, -0.2) is 9.18 Å². The number of halogens is 1. The van der Waals surface area contributed by atoms with Crippen LogP contribution in [-0.2, 0) is 0 Å². The highest BCUT2D eigenvalue weighted by Gasteiger charge is 2.21. The van der Waals surface area contributed by atoms with Crippen molar-refractivity contribution in [2.45, 2.75) is 13.8 Å². The molecule has 6 heteroatoms. The molecule has 0 atom stereocenters. The molecule has 1 saturated heterocycles. The topological polar surface area (TPSA) is 38.8 Å². The number of amides is 2. The van der Waals surface area contributed by atoms with Crippen LogP contribution in [0.4, 0.5) is 26.2 Å². The molecule has 144 valence electrons. The molecule has 0 aliphatic carbocycles. The third-order valence-electron chi connectivity index (χ3n) is 5.01. The minimum absolute atomic E-state index is 0.0793. The molecule has 1 aliphatic rings. The average Bonchev–Trinajstić information content (AvgIpc) is 2.71. The summed E-state index contributed by atoms with van der Waals surface area (Å²) in [5.41, 5.74) is 2.95. The molecule has 1 N–H and O–H groups in total. The van der Waals surface area contributed by atoms with E-state index in [2.05, 4.69) is 29.0 Å². The molecular formula is C21H27FN4O. The fourth-order valence-corrected chi connectivity index (χ4v) is 3.37. The van der Waals surface area contributed by atoms with E-state index in [0.29, 0.717) is 13.1 Å². The summed E-state index contributed by atoms with van der Waals surface area (Å²) >= 11 is 0. The van der Waals surface area contributed by atoms with Crippen molar-refractivity contribution in [3.63, 3.8) is 0 Å². The largest absolute Gasteiger partial charge is 0.372 e. The molecule has 1 heterocycles. The second-order valence-corrected chi connectivity index (χ2v) is 6.60. The molecule has 1 fully saturated rings. The van der Waals surface area contributed by atoms with Gasteiger partial charge in [0.15, 0.2) is 0 Å². The predicted molar refractivity (Wildman–Crippen MR) is 109 cm³/mol. The van der Waals surface area contributed by atoms with Crippen LogP contribution in [0.1, 0.15) is 13.8 Å². The Morgan fingerprint density at radius 2 is 1.56 bits per heavy atom. The number of urea groups is 1. The van der Waals surface area contributed by atoms with E-state index in [-0.39, 0.29) is 11.8 Å². The van der Waals surface area contributed by atoms with E-state index in [4.69, 9.17) is 0 Å². The van der Waals surface area contributed by atoms with Crippen molar-refractivity contribution in [2.75, 3.05) is 54.4 Å². The van der Waals surface area contributed by atoms with Gasteiger partial charge < -0.3 is 20.0 Å². The Hall–Kier alpha value is -2.76. The first-order valence-corrected chi connectivity index (χ1v) is 9.52. The smallest absolute Gasteiger partial charge is 0.321 e. The molecule has 5 nitrogen and oxygen atoms in total. The van der Waals surface area contributed by atoms with Crippen LogP contribution < -0.4 is 15.1 Å². The lowest BCUT2D eigenvalue weighted by Crippen LogP contribution is -2.50. The Balaban J connectivity index is 1.53. The van der Waals surface area contributed by atoms with Crippen LogP contribution in [0.2, 0.25) is 0 Å². The fourth-order valence-electron chi connectivity index (χ4n) is 3.37. The Morgan fingerprint density at radius 1 is 0.963 bits per heavy atom. The van der Waals surface area contributed by atoms with E-state index >= 15 is 0 Å². The van der Waals surface area contributed by atoms with Crippen molar-refractivity contribution in [3.8, 4) is 0 Å². The summed E-state index contributed by atoms with van der Waals surface area (Å²) in [6.45, 7) is 8.93. The van der Waals surface area contributed by atoms with Crippen LogP contribution in [0.25, 0.3) is 0 Å². The number of anilines is 3. The van der Waals surface area contributed by atoms with Crippen LogP contribution in [0.15, 0.2) is 48.5 Å². The second-order valence-electron chi connectivity index (χ2n) is 6.60. The Labute approximate surface area is 160 Å². The molecule has 0 radical (unpaired) electrons. The fraction of sp³-hybridized carbons (Fsp3) is 0.381. The number of nitrogens with zero attached hydrogens (tertiary/aromatic N) is 3. The molecule has 27 heavy (non-hydrogen) atoms. The van der Waals surface area contributed by atoms with Gasteiger partial charge in [0.2, 0.25) is 0 Å². The maximum Gasteiger partial charge on any atom is 0.321 e. The molecule has 0 unspecified atom stereocenters. The minimum Gasteiger partial charge on any atom is -0.372 e. The van der Waals surface area contributed by atoms with Crippen molar-refractivity contribution in [1.82, 2.24) is 4.90 Å². The molecule has 1 aliphatic heterocycles. The highest BCUT2D eigenvalue weighted by atomic mass is 19.1. The molecule has 0 spiro atoms. The number of piperazine rings is 1. The zero-order valence-electron chi connectivity index (χ0n) is 16.0. The standard InChI is InChI=1S/C21H27FN4O/c1-3-24(4-2)19-11-7-18(8-12-19)23-21(27)26-15-13-25(14-16-26)20-9-5-17(22)6-10-20/h5-12H,3-4,13-16H2,1-2H3,(H,23,27). The zero-order chi connectivity index (χ0) is 19.2. The lowest BCUT2D eigenvalue weighted by molar-refractivity contribution is 0.208. The van der Waals surface area contributed by atoms with Crippen molar-refractivity contribution in [1.29, 1.82) is 0 Å². The zero-order valence-corrected chi connectivity index (χ0v) is 16.0. The first-order valence-electron chi connectivity index (χ1n) is 9.52. The van der Waals surface area contributed by atoms with E-state index in [1.807, 2.05) is 29.2 Å². The van der Waals surface area contributed by atoms with E-state index in [1.165, 1.54) is 12.1 Å². The van der Waals surface area contributed by atoms with E-state index in [9.17, 15) is 9.18 Å². The van der Waals surface area contributed by atoms with Gasteiger partial charge in [-0.05, 0) is 62.4 Å². The van der Waals surface area contributed by atoms with Gasteiger partial charge >= 0.3 is 6.03 Å². The molecule has 0 aromatic heterocycles. The average molecular weight is 370 g/mol. The lowest BCUT2D eigenvalue weighted by atomic mass is 10.2. The summed E-state index contributed by atoms with van der Waals surface area (Å²) in [4.78, 5) is 18.8. The van der Waals surface area contributed by atoms with E-state index < -0.39 is 0 Å². The highest BCUT2D eigenvalue weighted by molar-refractivity contribution is 5.89. The van der Waals surface area contributed by atoms with E-state index in [0.717, 1.165) is 43.2 Å². The van der Waals surface area contributed by atoms with Gasteiger partial charge in [-0.2, -0.15) is 0 Å². The normalized spacial score (nSPS) is 14.2. The van der Waals surface area contributed by atoms with Gasteiger partial charge in [0.05, 0.1) is 0 Å². The third kappa shape index (κ3) is 4.70. The summed E-state index contributed by atoms with van der Waals surface area (Å²) in [6, 6.07) is 14.4. The van der Waals surface area contributed by atoms with Crippen LogP contribution >= 0.6 is 0 Å². The van der Waals surface area contributed by atoms with Gasteiger partial charge in [-0.1, -0.05) is 0 Å². The van der Waals surface area contributed by atoms with Gasteiger partial charge in [0.1, 0.15) is 5.82 Å². The third-order valence-corrected chi connectivity index (χ3v) is 5.01. The maximum absolute atomic E-state index is 13.1. The number of hydrogen-bond acceptors (Lipinski definition) is 3. The summed E-state index contributed by atoms with van der Waals surface area (Å²) < 4.78 is 13.1. The maximum atomic E-state index is 13.1. The summed E-state index contributed by atoms with van der Waals surface area (Å²) in [5, 5.41) is 2.98. The molecule has 2 amide bonds. The van der Waals surface area contributed by atoms with Crippen LogP contribution in [-0.4, -0.2) is 50.2 Å². The highest BCUT2D eigenvalue weighted by Crippen LogP contribution is 2.19. The molecule has 2 aromatic carbocycles. The van der Waals surface area contributed by atoms with Crippen molar-refractivity contribution >= 4 is 23.1 Å².